The second-order valence-electron chi connectivity index (χ2n) is 7.93. The highest BCUT2D eigenvalue weighted by atomic mass is 32.2. The quantitative estimate of drug-likeness (QED) is 0.357. The Bertz CT molecular complexity index is 1210. The van der Waals surface area contributed by atoms with Crippen LogP contribution in [0.15, 0.2) is 65.1 Å². The Balaban J connectivity index is 1.23. The van der Waals surface area contributed by atoms with Crippen molar-refractivity contribution in [3.8, 4) is 11.3 Å². The van der Waals surface area contributed by atoms with Gasteiger partial charge in [-0.3, -0.25) is 4.79 Å². The van der Waals surface area contributed by atoms with Crippen LogP contribution in [0.25, 0.3) is 11.3 Å². The lowest BCUT2D eigenvalue weighted by Gasteiger charge is -2.10. The summed E-state index contributed by atoms with van der Waals surface area (Å²) in [5, 5.41) is 15.1. The molecule has 0 atom stereocenters. The topological polar surface area (TPSA) is 72.7 Å². The summed E-state index contributed by atoms with van der Waals surface area (Å²) in [5.41, 5.74) is 4.32. The van der Waals surface area contributed by atoms with Crippen molar-refractivity contribution in [2.45, 2.75) is 37.4 Å². The lowest BCUT2D eigenvalue weighted by atomic mass is 10.1. The summed E-state index contributed by atoms with van der Waals surface area (Å²) in [6, 6.07) is 18.5. The molecule has 2 aromatic heterocycles. The molecule has 2 heterocycles. The van der Waals surface area contributed by atoms with Crippen LogP contribution in [0, 0.1) is 6.92 Å². The number of amides is 1. The molecule has 0 saturated heterocycles. The molecule has 2 aromatic carbocycles. The minimum atomic E-state index is -0.0953. The van der Waals surface area contributed by atoms with Gasteiger partial charge in [0, 0.05) is 16.9 Å². The maximum atomic E-state index is 12.6. The fourth-order valence-corrected chi connectivity index (χ4v) is 4.92. The van der Waals surface area contributed by atoms with Gasteiger partial charge in [-0.05, 0) is 25.3 Å². The largest absolute Gasteiger partial charge is 0.301 e. The third-order valence-electron chi connectivity index (χ3n) is 5.30. The second-order valence-corrected chi connectivity index (χ2v) is 9.73. The summed E-state index contributed by atoms with van der Waals surface area (Å²) >= 11 is 2.85. The predicted molar refractivity (Wildman–Crippen MR) is 129 cm³/mol. The van der Waals surface area contributed by atoms with Crippen LogP contribution in [0.4, 0.5) is 5.13 Å². The Morgan fingerprint density at radius 2 is 1.91 bits per heavy atom. The molecule has 6 nitrogen and oxygen atoms in total. The lowest BCUT2D eigenvalue weighted by molar-refractivity contribution is -0.113. The third-order valence-corrected chi connectivity index (χ3v) is 7.03. The van der Waals surface area contributed by atoms with Crippen molar-refractivity contribution in [1.29, 1.82) is 0 Å². The molecule has 0 spiro atoms. The Morgan fingerprint density at radius 1 is 1.12 bits per heavy atom. The highest BCUT2D eigenvalue weighted by Gasteiger charge is 2.30. The van der Waals surface area contributed by atoms with Crippen molar-refractivity contribution in [2.75, 3.05) is 11.1 Å². The first-order valence-electron chi connectivity index (χ1n) is 10.6. The first kappa shape index (κ1) is 20.9. The fourth-order valence-electron chi connectivity index (χ4n) is 3.44. The predicted octanol–water partition coefficient (Wildman–Crippen LogP) is 5.37. The van der Waals surface area contributed by atoms with Crippen molar-refractivity contribution in [1.82, 2.24) is 19.7 Å². The summed E-state index contributed by atoms with van der Waals surface area (Å²) in [7, 11) is 0. The number of carbonyl (C=O) groups excluding carboxylic acids is 1. The molecule has 1 N–H and O–H groups in total. The van der Waals surface area contributed by atoms with Crippen LogP contribution in [-0.2, 0) is 11.3 Å². The molecule has 4 aromatic rings. The zero-order valence-corrected chi connectivity index (χ0v) is 19.3. The van der Waals surface area contributed by atoms with E-state index in [1.807, 2.05) is 35.7 Å². The molecule has 162 valence electrons. The maximum absolute atomic E-state index is 12.6. The van der Waals surface area contributed by atoms with Gasteiger partial charge in [-0.25, -0.2) is 4.98 Å². The molecule has 0 bridgehead atoms. The summed E-state index contributed by atoms with van der Waals surface area (Å²) < 4.78 is 2.16. The minimum Gasteiger partial charge on any atom is -0.301 e. The van der Waals surface area contributed by atoms with E-state index in [1.54, 1.807) is 0 Å². The number of nitrogens with zero attached hydrogens (tertiary/aromatic N) is 4. The van der Waals surface area contributed by atoms with E-state index < -0.39 is 0 Å². The summed E-state index contributed by atoms with van der Waals surface area (Å²) in [5.74, 6) is 1.68. The molecule has 5 rings (SSSR count). The van der Waals surface area contributed by atoms with E-state index in [0.29, 0.717) is 11.0 Å². The number of thioether (sulfide) groups is 1. The monoisotopic (exact) mass is 461 g/mol. The second kappa shape index (κ2) is 9.26. The maximum Gasteiger partial charge on any atom is 0.236 e. The summed E-state index contributed by atoms with van der Waals surface area (Å²) in [6.45, 7) is 2.78. The van der Waals surface area contributed by atoms with Gasteiger partial charge in [0.2, 0.25) is 5.91 Å². The number of aromatic nitrogens is 4. The number of rotatable bonds is 8. The number of carbonyl (C=O) groups is 1. The van der Waals surface area contributed by atoms with Crippen molar-refractivity contribution >= 4 is 34.1 Å². The molecular formula is C24H23N5OS2. The minimum absolute atomic E-state index is 0.0953. The molecule has 1 aliphatic carbocycles. The Morgan fingerprint density at radius 3 is 2.66 bits per heavy atom. The molecule has 1 aliphatic rings. The summed E-state index contributed by atoms with van der Waals surface area (Å²) in [6.07, 6.45) is 2.32. The fraction of sp³-hybridized carbons (Fsp3) is 0.250. The van der Waals surface area contributed by atoms with Gasteiger partial charge in [-0.15, -0.1) is 21.5 Å². The first-order valence-corrected chi connectivity index (χ1v) is 12.4. The van der Waals surface area contributed by atoms with Crippen LogP contribution in [0.3, 0.4) is 0 Å². The van der Waals surface area contributed by atoms with Crippen LogP contribution in [0.2, 0.25) is 0 Å². The molecule has 32 heavy (non-hydrogen) atoms. The van der Waals surface area contributed by atoms with Gasteiger partial charge in [-0.1, -0.05) is 71.9 Å². The molecule has 8 heteroatoms. The number of anilines is 1. The Labute approximate surface area is 195 Å². The SMILES string of the molecule is Cc1ccc(-c2csc(NC(=O)CSc3nnc(C4CC4)n3Cc3ccccc3)n2)cc1. The molecule has 1 saturated carbocycles. The van der Waals surface area contributed by atoms with Gasteiger partial charge in [0.25, 0.3) is 0 Å². The number of thiazole rings is 1. The van der Waals surface area contributed by atoms with Gasteiger partial charge in [0.1, 0.15) is 5.82 Å². The normalized spacial score (nSPS) is 13.3. The van der Waals surface area contributed by atoms with Gasteiger partial charge < -0.3 is 9.88 Å². The van der Waals surface area contributed by atoms with Crippen LogP contribution in [0.1, 0.15) is 35.7 Å². The molecular weight excluding hydrogens is 438 g/mol. The third kappa shape index (κ3) is 4.92. The van der Waals surface area contributed by atoms with Crippen molar-refractivity contribution in [3.63, 3.8) is 0 Å². The van der Waals surface area contributed by atoms with Crippen molar-refractivity contribution in [2.24, 2.45) is 0 Å². The Hall–Kier alpha value is -2.97. The van der Waals surface area contributed by atoms with E-state index in [0.717, 1.165) is 41.6 Å². The zero-order valence-electron chi connectivity index (χ0n) is 17.7. The van der Waals surface area contributed by atoms with Crippen LogP contribution in [0.5, 0.6) is 0 Å². The molecule has 0 aliphatic heterocycles. The number of benzene rings is 2. The van der Waals surface area contributed by atoms with Gasteiger partial charge in [-0.2, -0.15) is 0 Å². The highest BCUT2D eigenvalue weighted by Crippen LogP contribution is 2.40. The molecule has 0 radical (unpaired) electrons. The number of nitrogens with one attached hydrogen (secondary N) is 1. The first-order chi connectivity index (χ1) is 15.7. The van der Waals surface area contributed by atoms with Gasteiger partial charge in [0.15, 0.2) is 10.3 Å². The van der Waals surface area contributed by atoms with Gasteiger partial charge in [0.05, 0.1) is 18.0 Å². The number of hydrogen-bond donors (Lipinski definition) is 1. The van der Waals surface area contributed by atoms with E-state index in [4.69, 9.17) is 0 Å². The molecule has 0 unspecified atom stereocenters. The van der Waals surface area contributed by atoms with Gasteiger partial charge >= 0.3 is 0 Å². The lowest BCUT2D eigenvalue weighted by Crippen LogP contribution is -2.15. The zero-order chi connectivity index (χ0) is 21.9. The molecule has 1 amide bonds. The molecule has 1 fully saturated rings. The summed E-state index contributed by atoms with van der Waals surface area (Å²) in [4.78, 5) is 17.1. The van der Waals surface area contributed by atoms with Crippen molar-refractivity contribution in [3.05, 3.63) is 76.9 Å². The van der Waals surface area contributed by atoms with Crippen LogP contribution >= 0.6 is 23.1 Å². The number of hydrogen-bond acceptors (Lipinski definition) is 6. The van der Waals surface area contributed by atoms with E-state index in [-0.39, 0.29) is 11.7 Å². The number of aryl methyl sites for hydroxylation is 1. The van der Waals surface area contributed by atoms with E-state index >= 15 is 0 Å². The smallest absolute Gasteiger partial charge is 0.236 e. The van der Waals surface area contributed by atoms with E-state index in [1.165, 1.54) is 34.2 Å². The Kier molecular flexibility index (Phi) is 6.05. The van der Waals surface area contributed by atoms with Crippen molar-refractivity contribution < 1.29 is 4.79 Å². The highest BCUT2D eigenvalue weighted by molar-refractivity contribution is 7.99. The average Bonchev–Trinajstić information content (AvgIpc) is 3.42. The van der Waals surface area contributed by atoms with Crippen LogP contribution in [-0.4, -0.2) is 31.4 Å². The van der Waals surface area contributed by atoms with Crippen LogP contribution < -0.4 is 5.32 Å². The van der Waals surface area contributed by atoms with E-state index in [2.05, 4.69) is 56.3 Å². The van der Waals surface area contributed by atoms with E-state index in [9.17, 15) is 4.79 Å². The standard InChI is InChI=1S/C24H23N5OS2/c1-16-7-9-18(10-8-16)20-14-31-23(25-20)26-21(30)15-32-24-28-27-22(19-11-12-19)29(24)13-17-5-3-2-4-6-17/h2-10,14,19H,11-13,15H2,1H3,(H,25,26,30). The average molecular weight is 462 g/mol.